The largest absolute Gasteiger partial charge is 0.491 e. The number of halogens is 1. The van der Waals surface area contributed by atoms with Crippen LogP contribution in [0, 0.1) is 12.7 Å². The molecule has 158 valence electrons. The van der Waals surface area contributed by atoms with Gasteiger partial charge in [0.05, 0.1) is 6.10 Å². The number of hydrogen-bond acceptors (Lipinski definition) is 5. The Morgan fingerprint density at radius 3 is 2.48 bits per heavy atom. The lowest BCUT2D eigenvalue weighted by molar-refractivity contribution is -0.153. The van der Waals surface area contributed by atoms with E-state index < -0.39 is 18.2 Å². The zero-order valence-corrected chi connectivity index (χ0v) is 16.8. The van der Waals surface area contributed by atoms with Crippen LogP contribution in [0.1, 0.15) is 25.0 Å². The maximum absolute atomic E-state index is 13.1. The van der Waals surface area contributed by atoms with Crippen molar-refractivity contribution in [1.29, 1.82) is 0 Å². The molecule has 0 aromatic heterocycles. The molecule has 0 aliphatic heterocycles. The van der Waals surface area contributed by atoms with E-state index in [2.05, 4.69) is 0 Å². The van der Waals surface area contributed by atoms with Crippen LogP contribution < -0.4 is 9.47 Å². The molecule has 0 aliphatic rings. The number of aliphatic carboxylic acids is 1. The predicted octanol–water partition coefficient (Wildman–Crippen LogP) is 3.37. The summed E-state index contributed by atoms with van der Waals surface area (Å²) >= 11 is 0. The van der Waals surface area contributed by atoms with Crippen molar-refractivity contribution in [3.63, 3.8) is 0 Å². The first kappa shape index (κ1) is 22.6. The summed E-state index contributed by atoms with van der Waals surface area (Å²) < 4.78 is 29.6. The maximum Gasteiger partial charge on any atom is 0.333 e. The number of aliphatic hydroxyl groups is 1. The molecule has 0 amide bonds. The Hall–Kier alpha value is -2.64. The van der Waals surface area contributed by atoms with Gasteiger partial charge in [0.1, 0.15) is 36.6 Å². The number of rotatable bonds is 11. The second kappa shape index (κ2) is 10.8. The van der Waals surface area contributed by atoms with Gasteiger partial charge >= 0.3 is 5.97 Å². The van der Waals surface area contributed by atoms with Crippen LogP contribution in [0.5, 0.6) is 11.5 Å². The second-order valence-electron chi connectivity index (χ2n) is 7.05. The van der Waals surface area contributed by atoms with E-state index in [1.54, 1.807) is 45.0 Å². The molecular weight excluding hydrogens is 379 g/mol. The molecule has 0 heterocycles. The topological polar surface area (TPSA) is 85.2 Å². The van der Waals surface area contributed by atoms with Crippen molar-refractivity contribution < 1.29 is 33.6 Å². The standard InChI is InChI=1S/C22H27FO6/c1-14(2)29-21(22(25)26)11-16-5-4-6-19(10-16)27-12-18(24)13-28-20-8-7-17(23)9-15(20)3/h4-10,14,18,21,24H,11-13H2,1-3H3,(H,25,26)/t18-,21-/m0/s1. The molecule has 0 spiro atoms. The minimum absolute atomic E-state index is 0.00448. The van der Waals surface area contributed by atoms with Crippen LogP contribution >= 0.6 is 0 Å². The average molecular weight is 406 g/mol. The monoisotopic (exact) mass is 406 g/mol. The summed E-state index contributed by atoms with van der Waals surface area (Å²) in [7, 11) is 0. The minimum atomic E-state index is -1.02. The lowest BCUT2D eigenvalue weighted by Crippen LogP contribution is -2.29. The fourth-order valence-corrected chi connectivity index (χ4v) is 2.70. The van der Waals surface area contributed by atoms with Crippen LogP contribution in [0.3, 0.4) is 0 Å². The van der Waals surface area contributed by atoms with Gasteiger partial charge in [0.2, 0.25) is 0 Å². The first-order valence-corrected chi connectivity index (χ1v) is 9.41. The molecule has 0 saturated carbocycles. The predicted molar refractivity (Wildman–Crippen MR) is 106 cm³/mol. The molecule has 2 aromatic rings. The van der Waals surface area contributed by atoms with Crippen molar-refractivity contribution in [3.8, 4) is 11.5 Å². The molecule has 2 rings (SSSR count). The van der Waals surface area contributed by atoms with Gasteiger partial charge < -0.3 is 24.4 Å². The van der Waals surface area contributed by atoms with E-state index in [0.29, 0.717) is 17.1 Å². The Balaban J connectivity index is 1.87. The molecule has 6 nitrogen and oxygen atoms in total. The van der Waals surface area contributed by atoms with Crippen molar-refractivity contribution in [2.24, 2.45) is 0 Å². The highest BCUT2D eigenvalue weighted by Gasteiger charge is 2.20. The summed E-state index contributed by atoms with van der Waals surface area (Å²) in [5.74, 6) is -0.360. The lowest BCUT2D eigenvalue weighted by Gasteiger charge is -2.17. The van der Waals surface area contributed by atoms with Crippen molar-refractivity contribution in [1.82, 2.24) is 0 Å². The Labute approximate surface area is 169 Å². The number of hydrogen-bond donors (Lipinski definition) is 2. The van der Waals surface area contributed by atoms with Crippen molar-refractivity contribution in [2.45, 2.75) is 45.5 Å². The van der Waals surface area contributed by atoms with Crippen LogP contribution in [0.2, 0.25) is 0 Å². The van der Waals surface area contributed by atoms with Crippen molar-refractivity contribution >= 4 is 5.97 Å². The fraction of sp³-hybridized carbons (Fsp3) is 0.409. The van der Waals surface area contributed by atoms with Gasteiger partial charge in [0.25, 0.3) is 0 Å². The lowest BCUT2D eigenvalue weighted by atomic mass is 10.1. The van der Waals surface area contributed by atoms with E-state index in [1.165, 1.54) is 18.2 Å². The third kappa shape index (κ3) is 7.71. The second-order valence-corrected chi connectivity index (χ2v) is 7.05. The van der Waals surface area contributed by atoms with Gasteiger partial charge in [-0.3, -0.25) is 0 Å². The van der Waals surface area contributed by atoms with Crippen molar-refractivity contribution in [2.75, 3.05) is 13.2 Å². The van der Waals surface area contributed by atoms with Gasteiger partial charge in [-0.2, -0.15) is 0 Å². The van der Waals surface area contributed by atoms with Crippen LogP contribution in [0.25, 0.3) is 0 Å². The third-order valence-corrected chi connectivity index (χ3v) is 4.04. The highest BCUT2D eigenvalue weighted by Crippen LogP contribution is 2.19. The molecule has 2 atom stereocenters. The summed E-state index contributed by atoms with van der Waals surface area (Å²) in [6, 6.07) is 11.2. The van der Waals surface area contributed by atoms with E-state index in [-0.39, 0.29) is 31.6 Å². The Morgan fingerprint density at radius 1 is 1.10 bits per heavy atom. The molecule has 0 saturated heterocycles. The first-order chi connectivity index (χ1) is 13.7. The number of aliphatic hydroxyl groups excluding tert-OH is 1. The molecule has 0 radical (unpaired) electrons. The number of carbonyl (C=O) groups is 1. The molecule has 0 fully saturated rings. The van der Waals surface area contributed by atoms with E-state index in [0.717, 1.165) is 5.56 Å². The summed E-state index contributed by atoms with van der Waals surface area (Å²) in [6.45, 7) is 5.28. The number of benzene rings is 2. The van der Waals surface area contributed by atoms with Crippen LogP contribution in [0.15, 0.2) is 42.5 Å². The average Bonchev–Trinajstić information content (AvgIpc) is 2.65. The molecule has 0 bridgehead atoms. The van der Waals surface area contributed by atoms with Gasteiger partial charge in [-0.15, -0.1) is 0 Å². The first-order valence-electron chi connectivity index (χ1n) is 9.41. The third-order valence-electron chi connectivity index (χ3n) is 4.04. The number of ether oxygens (including phenoxy) is 3. The SMILES string of the molecule is Cc1cc(F)ccc1OC[C@@H](O)COc1cccc(C[C@H](OC(C)C)C(=O)O)c1. The van der Waals surface area contributed by atoms with E-state index in [1.807, 2.05) is 0 Å². The smallest absolute Gasteiger partial charge is 0.333 e. The fourth-order valence-electron chi connectivity index (χ4n) is 2.70. The Morgan fingerprint density at radius 2 is 1.83 bits per heavy atom. The van der Waals surface area contributed by atoms with Gasteiger partial charge in [0, 0.05) is 6.42 Å². The zero-order chi connectivity index (χ0) is 21.4. The number of carboxylic acids is 1. The molecule has 2 N–H and O–H groups in total. The number of aryl methyl sites for hydroxylation is 1. The quantitative estimate of drug-likeness (QED) is 0.595. The Kier molecular flexibility index (Phi) is 8.42. The zero-order valence-electron chi connectivity index (χ0n) is 16.8. The Bertz CT molecular complexity index is 808. The molecule has 7 heteroatoms. The normalized spacial score (nSPS) is 13.2. The van der Waals surface area contributed by atoms with Crippen LogP contribution in [-0.4, -0.2) is 47.7 Å². The molecule has 0 aliphatic carbocycles. The van der Waals surface area contributed by atoms with Gasteiger partial charge in [-0.05, 0) is 62.2 Å². The van der Waals surface area contributed by atoms with E-state index in [9.17, 15) is 19.4 Å². The number of carboxylic acid groups (broad SMARTS) is 1. The van der Waals surface area contributed by atoms with Gasteiger partial charge in [-0.1, -0.05) is 12.1 Å². The van der Waals surface area contributed by atoms with Gasteiger partial charge in [0.15, 0.2) is 6.10 Å². The maximum atomic E-state index is 13.1. The van der Waals surface area contributed by atoms with Crippen molar-refractivity contribution in [3.05, 3.63) is 59.4 Å². The summed E-state index contributed by atoms with van der Waals surface area (Å²) in [6.07, 6.45) is -1.82. The molecular formula is C22H27FO6. The molecule has 0 unspecified atom stereocenters. The van der Waals surface area contributed by atoms with E-state index >= 15 is 0 Å². The molecule has 29 heavy (non-hydrogen) atoms. The van der Waals surface area contributed by atoms with Crippen LogP contribution in [-0.2, 0) is 16.0 Å². The summed E-state index contributed by atoms with van der Waals surface area (Å²) in [5.41, 5.74) is 1.39. The summed E-state index contributed by atoms with van der Waals surface area (Å²) in [5, 5.41) is 19.4. The van der Waals surface area contributed by atoms with Crippen LogP contribution in [0.4, 0.5) is 4.39 Å². The molecule has 2 aromatic carbocycles. The highest BCUT2D eigenvalue weighted by atomic mass is 19.1. The minimum Gasteiger partial charge on any atom is -0.491 e. The van der Waals surface area contributed by atoms with E-state index in [4.69, 9.17) is 14.2 Å². The van der Waals surface area contributed by atoms with Gasteiger partial charge in [-0.25, -0.2) is 9.18 Å². The highest BCUT2D eigenvalue weighted by molar-refractivity contribution is 5.72. The summed E-state index contributed by atoms with van der Waals surface area (Å²) in [4.78, 5) is 11.3.